The zero-order chi connectivity index (χ0) is 33.5. The van der Waals surface area contributed by atoms with Gasteiger partial charge in [-0.3, -0.25) is 9.35 Å². The summed E-state index contributed by atoms with van der Waals surface area (Å²) >= 11 is 0. The number of rotatable bonds is 13. The summed E-state index contributed by atoms with van der Waals surface area (Å²) in [5.41, 5.74) is 2.00. The van der Waals surface area contributed by atoms with Gasteiger partial charge in [0, 0.05) is 5.92 Å². The molecule has 0 saturated heterocycles. The number of amides is 1. The highest BCUT2D eigenvalue weighted by Crippen LogP contribution is 2.57. The van der Waals surface area contributed by atoms with Crippen molar-refractivity contribution in [1.82, 2.24) is 15.4 Å². The highest BCUT2D eigenvalue weighted by Gasteiger charge is 2.50. The lowest BCUT2D eigenvalue weighted by Crippen LogP contribution is -2.46. The molecule has 44 heavy (non-hydrogen) atoms. The lowest BCUT2D eigenvalue weighted by molar-refractivity contribution is -0.127. The molecule has 0 fully saturated rings. The Bertz CT molecular complexity index is 1550. The Morgan fingerprint density at radius 1 is 0.864 bits per heavy atom. The van der Waals surface area contributed by atoms with Crippen LogP contribution in [0.15, 0.2) is 47.4 Å². The van der Waals surface area contributed by atoms with Crippen LogP contribution >= 0.6 is 0 Å². The molecule has 1 heterocycles. The Morgan fingerprint density at radius 3 is 1.98 bits per heavy atom. The number of hydrogen-bond donors (Lipinski definition) is 3. The van der Waals surface area contributed by atoms with E-state index in [1.165, 1.54) is 12.1 Å². The van der Waals surface area contributed by atoms with Crippen LogP contribution in [0.1, 0.15) is 107 Å². The monoisotopic (exact) mass is 626 g/mol. The predicted octanol–water partition coefficient (Wildman–Crippen LogP) is 8.74. The molecule has 0 aliphatic rings. The zero-order valence-corrected chi connectivity index (χ0v) is 29.6. The third kappa shape index (κ3) is 7.36. The Hall–Kier alpha value is -2.78. The summed E-state index contributed by atoms with van der Waals surface area (Å²) in [5, 5.41) is 14.3. The molecule has 3 aromatic rings. The molecule has 9 heteroatoms. The van der Waals surface area contributed by atoms with Crippen LogP contribution in [-0.4, -0.2) is 34.3 Å². The molecule has 1 amide bonds. The number of hydrogen-bond acceptors (Lipinski definition) is 5. The van der Waals surface area contributed by atoms with Gasteiger partial charge in [-0.15, -0.1) is 0 Å². The number of H-pyrrole nitrogens is 1. The molecule has 3 rings (SSSR count). The Labute approximate surface area is 264 Å². The van der Waals surface area contributed by atoms with Crippen molar-refractivity contribution in [2.45, 2.75) is 107 Å². The molecular formula is C35H54N4O4S. The van der Waals surface area contributed by atoms with Crippen molar-refractivity contribution in [2.75, 3.05) is 5.32 Å². The largest absolute Gasteiger partial charge is 0.324 e. The number of carbonyl (C=O) groups excluding carboxylic acids is 1. The van der Waals surface area contributed by atoms with Gasteiger partial charge in [0.2, 0.25) is 5.91 Å². The van der Waals surface area contributed by atoms with Crippen LogP contribution in [0, 0.1) is 39.4 Å². The SMILES string of the molecule is CC(C)C(C)(C)CC(c1ccc(S(=O)(=O)O)cc1)C(C)(C)C(C)(C)CC(C(=O)Nc1cccc2n[nH]nc12)C(C)(C)C(C)C. The topological polar surface area (TPSA) is 125 Å². The standard InChI is InChI=1S/C35H54N4O4S/c1-22(2)32(5,6)20-26(24-16-18-25(19-17-24)44(41,42)43)35(11,12)33(7,8)21-27(34(9,10)23(3)4)31(40)36-28-14-13-15-29-30(28)38-39-37-29/h13-19,22-23,26-27H,20-21H2,1-12H3,(H,36,40)(H,37,38,39)(H,41,42,43). The van der Waals surface area contributed by atoms with E-state index in [2.05, 4.69) is 104 Å². The van der Waals surface area contributed by atoms with Crippen LogP contribution in [0.25, 0.3) is 11.0 Å². The van der Waals surface area contributed by atoms with Crippen LogP contribution in [0.4, 0.5) is 5.69 Å². The van der Waals surface area contributed by atoms with Gasteiger partial charge in [-0.05, 0) is 82.1 Å². The summed E-state index contributed by atoms with van der Waals surface area (Å²) in [6.45, 7) is 26.8. The van der Waals surface area contributed by atoms with E-state index in [1.54, 1.807) is 0 Å². The van der Waals surface area contributed by atoms with Crippen LogP contribution < -0.4 is 5.32 Å². The number of para-hydroxylation sites is 1. The number of anilines is 1. The van der Waals surface area contributed by atoms with E-state index >= 15 is 0 Å². The first kappa shape index (κ1) is 35.7. The number of nitrogens with one attached hydrogen (secondary N) is 2. The summed E-state index contributed by atoms with van der Waals surface area (Å²) in [5.74, 6) is 0.335. The van der Waals surface area contributed by atoms with E-state index in [0.717, 1.165) is 12.0 Å². The maximum atomic E-state index is 14.3. The summed E-state index contributed by atoms with van der Waals surface area (Å²) in [4.78, 5) is 14.2. The van der Waals surface area contributed by atoms with Gasteiger partial charge in [0.15, 0.2) is 0 Å². The normalized spacial score (nSPS) is 15.2. The van der Waals surface area contributed by atoms with Crippen LogP contribution in [0.5, 0.6) is 0 Å². The minimum atomic E-state index is -4.30. The molecule has 0 radical (unpaired) electrons. The molecule has 1 aromatic heterocycles. The molecule has 8 nitrogen and oxygen atoms in total. The van der Waals surface area contributed by atoms with Gasteiger partial charge in [0.1, 0.15) is 11.0 Å². The molecule has 0 spiro atoms. The zero-order valence-electron chi connectivity index (χ0n) is 28.7. The molecule has 0 aliphatic carbocycles. The van der Waals surface area contributed by atoms with Crippen molar-refractivity contribution in [3.63, 3.8) is 0 Å². The average Bonchev–Trinajstić information content (AvgIpc) is 3.39. The van der Waals surface area contributed by atoms with Gasteiger partial charge >= 0.3 is 0 Å². The van der Waals surface area contributed by atoms with Gasteiger partial charge in [-0.25, -0.2) is 0 Å². The molecule has 3 N–H and O–H groups in total. The molecule has 0 bridgehead atoms. The van der Waals surface area contributed by atoms with E-state index < -0.39 is 10.1 Å². The van der Waals surface area contributed by atoms with Gasteiger partial charge in [0.05, 0.1) is 10.6 Å². The third-order valence-electron chi connectivity index (χ3n) is 11.5. The predicted molar refractivity (Wildman–Crippen MR) is 179 cm³/mol. The quantitative estimate of drug-likeness (QED) is 0.163. The number of aromatic amines is 1. The summed E-state index contributed by atoms with van der Waals surface area (Å²) in [6, 6.07) is 12.2. The average molecular weight is 627 g/mol. The van der Waals surface area contributed by atoms with Gasteiger partial charge in [0.25, 0.3) is 10.1 Å². The molecule has 0 saturated carbocycles. The Morgan fingerprint density at radius 2 is 1.45 bits per heavy atom. The second-order valence-electron chi connectivity index (χ2n) is 15.8. The van der Waals surface area contributed by atoms with Gasteiger partial charge < -0.3 is 5.32 Å². The number of fused-ring (bicyclic) bond motifs is 1. The number of carbonyl (C=O) groups is 1. The molecule has 2 atom stereocenters. The first-order chi connectivity index (χ1) is 20.0. The molecule has 2 aromatic carbocycles. The maximum absolute atomic E-state index is 14.3. The van der Waals surface area contributed by atoms with Crippen molar-refractivity contribution in [2.24, 2.45) is 39.4 Å². The van der Waals surface area contributed by atoms with Crippen molar-refractivity contribution >= 4 is 32.7 Å². The second-order valence-corrected chi connectivity index (χ2v) is 17.2. The highest BCUT2D eigenvalue weighted by molar-refractivity contribution is 7.85. The van der Waals surface area contributed by atoms with Gasteiger partial charge in [-0.2, -0.15) is 23.8 Å². The molecule has 244 valence electrons. The molecule has 0 aliphatic heterocycles. The minimum absolute atomic E-state index is 0.00992. The molecule has 2 unspecified atom stereocenters. The minimum Gasteiger partial charge on any atom is -0.324 e. The number of nitrogens with zero attached hydrogens (tertiary/aromatic N) is 2. The lowest BCUT2D eigenvalue weighted by Gasteiger charge is -2.52. The van der Waals surface area contributed by atoms with E-state index in [4.69, 9.17) is 0 Å². The summed E-state index contributed by atoms with van der Waals surface area (Å²) in [7, 11) is -4.30. The number of aromatic nitrogens is 3. The second kappa shape index (κ2) is 12.5. The fourth-order valence-corrected chi connectivity index (χ4v) is 6.43. The van der Waals surface area contributed by atoms with Crippen molar-refractivity contribution in [3.05, 3.63) is 48.0 Å². The Kier molecular flexibility index (Phi) is 10.2. The number of benzene rings is 2. The first-order valence-corrected chi connectivity index (χ1v) is 17.1. The van der Waals surface area contributed by atoms with Gasteiger partial charge in [-0.1, -0.05) is 101 Å². The third-order valence-corrected chi connectivity index (χ3v) is 12.4. The maximum Gasteiger partial charge on any atom is 0.294 e. The smallest absolute Gasteiger partial charge is 0.294 e. The van der Waals surface area contributed by atoms with Crippen LogP contribution in [0.3, 0.4) is 0 Å². The van der Waals surface area contributed by atoms with E-state index in [0.29, 0.717) is 29.1 Å². The van der Waals surface area contributed by atoms with Crippen molar-refractivity contribution in [1.29, 1.82) is 0 Å². The summed E-state index contributed by atoms with van der Waals surface area (Å²) < 4.78 is 33.3. The van der Waals surface area contributed by atoms with E-state index in [9.17, 15) is 17.8 Å². The lowest BCUT2D eigenvalue weighted by atomic mass is 9.52. The molecular weight excluding hydrogens is 572 g/mol. The van der Waals surface area contributed by atoms with Crippen molar-refractivity contribution in [3.8, 4) is 0 Å². The first-order valence-electron chi connectivity index (χ1n) is 15.7. The highest BCUT2D eigenvalue weighted by atomic mass is 32.2. The fourth-order valence-electron chi connectivity index (χ4n) is 5.95. The fraction of sp³-hybridized carbons (Fsp3) is 0.629. The summed E-state index contributed by atoms with van der Waals surface area (Å²) in [6.07, 6.45) is 1.50. The Balaban J connectivity index is 2.07. The van der Waals surface area contributed by atoms with E-state index in [1.807, 2.05) is 30.3 Å². The van der Waals surface area contributed by atoms with E-state index in [-0.39, 0.29) is 50.2 Å². The van der Waals surface area contributed by atoms with Crippen LogP contribution in [0.2, 0.25) is 0 Å². The van der Waals surface area contributed by atoms with Crippen molar-refractivity contribution < 1.29 is 17.8 Å². The van der Waals surface area contributed by atoms with Crippen LogP contribution in [-0.2, 0) is 14.9 Å².